The monoisotopic (exact) mass is 522 g/mol. The van der Waals surface area contributed by atoms with Gasteiger partial charge >= 0.3 is 0 Å². The van der Waals surface area contributed by atoms with E-state index in [9.17, 15) is 8.42 Å². The molecule has 0 spiro atoms. The van der Waals surface area contributed by atoms with Crippen molar-refractivity contribution < 1.29 is 8.42 Å². The van der Waals surface area contributed by atoms with Crippen molar-refractivity contribution in [3.05, 3.63) is 35.4 Å². The maximum atomic E-state index is 11.3. The molecule has 0 fully saturated rings. The third-order valence-electron chi connectivity index (χ3n) is 5.18. The number of fused-ring (bicyclic) bond motifs is 1. The molecule has 160 valence electrons. The lowest BCUT2D eigenvalue weighted by atomic mass is 9.98. The van der Waals surface area contributed by atoms with Crippen LogP contribution in [0.3, 0.4) is 0 Å². The third-order valence-corrected chi connectivity index (χ3v) is 6.16. The molecule has 2 rings (SSSR count). The Morgan fingerprint density at radius 1 is 1.29 bits per heavy atom. The second-order valence-electron chi connectivity index (χ2n) is 7.47. The number of nitrogens with one attached hydrogen (secondary N) is 2. The smallest absolute Gasteiger partial charge is 0.191 e. The van der Waals surface area contributed by atoms with Crippen LogP contribution in [0.4, 0.5) is 0 Å². The van der Waals surface area contributed by atoms with Gasteiger partial charge in [-0.05, 0) is 37.3 Å². The van der Waals surface area contributed by atoms with Gasteiger partial charge in [0.1, 0.15) is 9.84 Å². The summed E-state index contributed by atoms with van der Waals surface area (Å²) in [5, 5.41) is 6.71. The van der Waals surface area contributed by atoms with Gasteiger partial charge < -0.3 is 10.6 Å². The van der Waals surface area contributed by atoms with Gasteiger partial charge in [0.25, 0.3) is 0 Å². The fraction of sp³-hybridized carbons (Fsp3) is 0.650. The summed E-state index contributed by atoms with van der Waals surface area (Å²) >= 11 is 0. The Labute approximate surface area is 187 Å². The molecule has 2 unspecified atom stereocenters. The van der Waals surface area contributed by atoms with Crippen LogP contribution in [0, 0.1) is 0 Å². The van der Waals surface area contributed by atoms with E-state index >= 15 is 0 Å². The highest BCUT2D eigenvalue weighted by molar-refractivity contribution is 14.0. The first-order valence-electron chi connectivity index (χ1n) is 9.78. The first-order chi connectivity index (χ1) is 12.8. The van der Waals surface area contributed by atoms with Crippen molar-refractivity contribution in [3.63, 3.8) is 0 Å². The number of benzene rings is 1. The van der Waals surface area contributed by atoms with E-state index in [-0.39, 0.29) is 35.8 Å². The highest BCUT2D eigenvalue weighted by Gasteiger charge is 2.22. The van der Waals surface area contributed by atoms with Crippen LogP contribution in [0.25, 0.3) is 0 Å². The summed E-state index contributed by atoms with van der Waals surface area (Å²) < 4.78 is 22.7. The number of nitrogens with zero attached hydrogens (tertiary/aromatic N) is 2. The van der Waals surface area contributed by atoms with Gasteiger partial charge in [0, 0.05) is 45.0 Å². The van der Waals surface area contributed by atoms with Gasteiger partial charge in [-0.2, -0.15) is 0 Å². The summed E-state index contributed by atoms with van der Waals surface area (Å²) in [5.74, 6) is 0.912. The maximum Gasteiger partial charge on any atom is 0.191 e. The summed E-state index contributed by atoms with van der Waals surface area (Å²) in [6, 6.07) is 9.18. The molecule has 0 saturated carbocycles. The lowest BCUT2D eigenvalue weighted by Crippen LogP contribution is -2.49. The summed E-state index contributed by atoms with van der Waals surface area (Å²) in [6.45, 7) is 7.09. The number of hydrogen-bond donors (Lipinski definition) is 2. The van der Waals surface area contributed by atoms with E-state index in [4.69, 9.17) is 0 Å². The molecule has 0 bridgehead atoms. The number of guanidine groups is 1. The van der Waals surface area contributed by atoms with Crippen LogP contribution < -0.4 is 10.6 Å². The van der Waals surface area contributed by atoms with E-state index in [1.54, 1.807) is 7.05 Å². The molecule has 6 nitrogen and oxygen atoms in total. The second kappa shape index (κ2) is 12.0. The molecule has 0 radical (unpaired) electrons. The fourth-order valence-electron chi connectivity index (χ4n) is 3.47. The van der Waals surface area contributed by atoms with Crippen LogP contribution in [0.15, 0.2) is 29.3 Å². The molecule has 2 atom stereocenters. The average molecular weight is 522 g/mol. The molecular weight excluding hydrogens is 487 g/mol. The molecule has 1 aromatic carbocycles. The summed E-state index contributed by atoms with van der Waals surface area (Å²) in [6.07, 6.45) is 4.01. The Balaban J connectivity index is 0.00000392. The molecule has 1 aromatic rings. The molecule has 0 aliphatic carbocycles. The van der Waals surface area contributed by atoms with Crippen LogP contribution >= 0.6 is 24.0 Å². The van der Waals surface area contributed by atoms with Crippen LogP contribution in [-0.2, 0) is 22.8 Å². The van der Waals surface area contributed by atoms with Gasteiger partial charge in [0.2, 0.25) is 0 Å². The minimum absolute atomic E-state index is 0. The topological polar surface area (TPSA) is 73.8 Å². The zero-order chi connectivity index (χ0) is 19.9. The number of hydrogen-bond acceptors (Lipinski definition) is 4. The van der Waals surface area contributed by atoms with Crippen molar-refractivity contribution in [1.29, 1.82) is 0 Å². The van der Waals surface area contributed by atoms with E-state index in [2.05, 4.69) is 51.7 Å². The Morgan fingerprint density at radius 2 is 1.96 bits per heavy atom. The molecule has 2 N–H and O–H groups in total. The zero-order valence-electron chi connectivity index (χ0n) is 17.4. The van der Waals surface area contributed by atoms with Crippen molar-refractivity contribution in [1.82, 2.24) is 15.5 Å². The van der Waals surface area contributed by atoms with Gasteiger partial charge in [0.15, 0.2) is 5.96 Å². The molecule has 8 heteroatoms. The number of rotatable bonds is 8. The highest BCUT2D eigenvalue weighted by atomic mass is 127. The largest absolute Gasteiger partial charge is 0.355 e. The van der Waals surface area contributed by atoms with Gasteiger partial charge in [0.05, 0.1) is 5.75 Å². The zero-order valence-corrected chi connectivity index (χ0v) is 20.6. The Kier molecular flexibility index (Phi) is 10.8. The fourth-order valence-corrected chi connectivity index (χ4v) is 4.25. The first kappa shape index (κ1) is 25.2. The number of halogens is 1. The van der Waals surface area contributed by atoms with E-state index in [1.807, 2.05) is 6.92 Å². The normalized spacial score (nSPS) is 17.2. The quantitative estimate of drug-likeness (QED) is 0.312. The van der Waals surface area contributed by atoms with Gasteiger partial charge in [-0.15, -0.1) is 24.0 Å². The average Bonchev–Trinajstić information content (AvgIpc) is 2.65. The maximum absolute atomic E-state index is 11.3. The van der Waals surface area contributed by atoms with E-state index in [0.29, 0.717) is 12.5 Å². The molecule has 0 saturated heterocycles. The number of aliphatic imine (C=N–C) groups is 1. The standard InChI is InChI=1S/C20H34N4O2S.HI/c1-5-19(24-12-10-17-8-6-7-9-18(17)15-24)14-22-20(21-3)23-16(2)11-13-27(4,25)26;/h6-9,16,19H,5,10-15H2,1-4H3,(H2,21,22,23);1H. The predicted molar refractivity (Wildman–Crippen MR) is 128 cm³/mol. The minimum atomic E-state index is -2.94. The molecule has 1 aliphatic heterocycles. The summed E-state index contributed by atoms with van der Waals surface area (Å²) in [5.41, 5.74) is 2.90. The summed E-state index contributed by atoms with van der Waals surface area (Å²) in [4.78, 5) is 6.82. The van der Waals surface area contributed by atoms with Crippen LogP contribution in [-0.4, -0.2) is 63.5 Å². The first-order valence-corrected chi connectivity index (χ1v) is 11.8. The number of sulfone groups is 1. The molecule has 0 aromatic heterocycles. The highest BCUT2D eigenvalue weighted by Crippen LogP contribution is 2.21. The van der Waals surface area contributed by atoms with Crippen molar-refractivity contribution >= 4 is 39.8 Å². The molecule has 1 aliphatic rings. The van der Waals surface area contributed by atoms with Gasteiger partial charge in [-0.1, -0.05) is 31.2 Å². The third kappa shape index (κ3) is 8.24. The van der Waals surface area contributed by atoms with Crippen molar-refractivity contribution in [2.75, 3.05) is 32.1 Å². The van der Waals surface area contributed by atoms with Crippen LogP contribution in [0.2, 0.25) is 0 Å². The Bertz CT molecular complexity index is 739. The van der Waals surface area contributed by atoms with Crippen LogP contribution in [0.1, 0.15) is 37.8 Å². The van der Waals surface area contributed by atoms with Crippen molar-refractivity contribution in [3.8, 4) is 0 Å². The van der Waals surface area contributed by atoms with E-state index < -0.39 is 9.84 Å². The van der Waals surface area contributed by atoms with Gasteiger partial charge in [-0.25, -0.2) is 8.42 Å². The molecule has 1 heterocycles. The Morgan fingerprint density at radius 3 is 2.57 bits per heavy atom. The second-order valence-corrected chi connectivity index (χ2v) is 9.73. The van der Waals surface area contributed by atoms with Crippen molar-refractivity contribution in [2.45, 2.75) is 51.7 Å². The van der Waals surface area contributed by atoms with E-state index in [1.165, 1.54) is 17.4 Å². The molecular formula is C20H35IN4O2S. The SMILES string of the molecule is CCC(CNC(=NC)NC(C)CCS(C)(=O)=O)N1CCc2ccccc2C1.I. The predicted octanol–water partition coefficient (Wildman–Crippen LogP) is 2.43. The lowest BCUT2D eigenvalue weighted by Gasteiger charge is -2.35. The molecule has 0 amide bonds. The minimum Gasteiger partial charge on any atom is -0.355 e. The van der Waals surface area contributed by atoms with Crippen molar-refractivity contribution in [2.24, 2.45) is 4.99 Å². The van der Waals surface area contributed by atoms with Crippen LogP contribution in [0.5, 0.6) is 0 Å². The van der Waals surface area contributed by atoms with Gasteiger partial charge in [-0.3, -0.25) is 9.89 Å². The Hall–Kier alpha value is -0.870. The van der Waals surface area contributed by atoms with E-state index in [0.717, 1.165) is 38.4 Å². The lowest BCUT2D eigenvalue weighted by molar-refractivity contribution is 0.174. The summed E-state index contributed by atoms with van der Waals surface area (Å²) in [7, 11) is -1.19. The molecule has 28 heavy (non-hydrogen) atoms.